The van der Waals surface area contributed by atoms with Crippen LogP contribution < -0.4 is 4.74 Å². The second-order valence-electron chi connectivity index (χ2n) is 3.65. The summed E-state index contributed by atoms with van der Waals surface area (Å²) in [5, 5.41) is 0. The fraction of sp³-hybridized carbons (Fsp3) is 0.545. The molecule has 0 radical (unpaired) electrons. The topological polar surface area (TPSA) is 22.1 Å². The Bertz CT molecular complexity index is 305. The van der Waals surface area contributed by atoms with Crippen LogP contribution in [-0.4, -0.2) is 12.1 Å². The molecule has 1 rings (SSSR count). The first-order valence-electron chi connectivity index (χ1n) is 4.58. The summed E-state index contributed by atoms with van der Waals surface area (Å²) in [4.78, 5) is 4.43. The van der Waals surface area contributed by atoms with Crippen molar-refractivity contribution in [2.75, 3.05) is 7.11 Å². The second kappa shape index (κ2) is 3.77. The molecule has 0 atom stereocenters. The quantitative estimate of drug-likeness (QED) is 0.696. The number of aromatic nitrogens is 1. The molecule has 0 aliphatic rings. The Morgan fingerprint density at radius 3 is 2.38 bits per heavy atom. The first-order chi connectivity index (χ1) is 6.06. The molecular weight excluding hydrogens is 162 g/mol. The zero-order valence-electron chi connectivity index (χ0n) is 9.01. The van der Waals surface area contributed by atoms with Crippen molar-refractivity contribution in [3.05, 3.63) is 22.9 Å². The first kappa shape index (κ1) is 10.0. The monoisotopic (exact) mass is 179 g/mol. The van der Waals surface area contributed by atoms with Crippen molar-refractivity contribution < 1.29 is 4.74 Å². The van der Waals surface area contributed by atoms with Crippen molar-refractivity contribution in [1.82, 2.24) is 4.98 Å². The smallest absolute Gasteiger partial charge is 0.213 e. The molecule has 2 heteroatoms. The van der Waals surface area contributed by atoms with E-state index < -0.39 is 0 Å². The van der Waals surface area contributed by atoms with E-state index in [1.54, 1.807) is 7.11 Å². The Hall–Kier alpha value is -1.05. The molecule has 0 saturated carbocycles. The van der Waals surface area contributed by atoms with Crippen LogP contribution in [0.2, 0.25) is 0 Å². The van der Waals surface area contributed by atoms with Crippen LogP contribution in [0.25, 0.3) is 0 Å². The van der Waals surface area contributed by atoms with E-state index in [0.29, 0.717) is 11.8 Å². The summed E-state index contributed by atoms with van der Waals surface area (Å²) in [6.07, 6.45) is 0. The van der Waals surface area contributed by atoms with E-state index in [4.69, 9.17) is 4.74 Å². The molecule has 0 aliphatic carbocycles. The highest BCUT2D eigenvalue weighted by Gasteiger charge is 2.09. The number of rotatable bonds is 2. The summed E-state index contributed by atoms with van der Waals surface area (Å²) in [5.74, 6) is 1.17. The van der Waals surface area contributed by atoms with Crippen LogP contribution in [0.5, 0.6) is 5.88 Å². The van der Waals surface area contributed by atoms with Crippen molar-refractivity contribution in [1.29, 1.82) is 0 Å². The number of pyridine rings is 1. The molecule has 0 aliphatic heterocycles. The van der Waals surface area contributed by atoms with Crippen LogP contribution in [0.1, 0.15) is 36.6 Å². The SMILES string of the molecule is COc1cc(C)c(C)c(C(C)C)n1. The van der Waals surface area contributed by atoms with Crippen molar-refractivity contribution in [2.45, 2.75) is 33.6 Å². The van der Waals surface area contributed by atoms with Crippen LogP contribution >= 0.6 is 0 Å². The molecule has 0 spiro atoms. The average molecular weight is 179 g/mol. The van der Waals surface area contributed by atoms with Crippen molar-refractivity contribution in [3.8, 4) is 5.88 Å². The molecule has 13 heavy (non-hydrogen) atoms. The molecule has 0 fully saturated rings. The minimum Gasteiger partial charge on any atom is -0.481 e. The standard InChI is InChI=1S/C11H17NO/c1-7(2)11-9(4)8(3)6-10(12-11)13-5/h6-7H,1-5H3. The lowest BCUT2D eigenvalue weighted by molar-refractivity contribution is 0.395. The highest BCUT2D eigenvalue weighted by Crippen LogP contribution is 2.23. The first-order valence-corrected chi connectivity index (χ1v) is 4.58. The predicted molar refractivity (Wildman–Crippen MR) is 54.4 cm³/mol. The lowest BCUT2D eigenvalue weighted by Gasteiger charge is -2.12. The molecule has 1 aromatic rings. The van der Waals surface area contributed by atoms with Crippen LogP contribution in [0.15, 0.2) is 6.07 Å². The Morgan fingerprint density at radius 2 is 1.92 bits per heavy atom. The Balaban J connectivity index is 3.25. The fourth-order valence-electron chi connectivity index (χ4n) is 1.40. The Morgan fingerprint density at radius 1 is 1.31 bits per heavy atom. The number of hydrogen-bond donors (Lipinski definition) is 0. The third-order valence-corrected chi connectivity index (χ3v) is 2.30. The van der Waals surface area contributed by atoms with Crippen LogP contribution in [0.3, 0.4) is 0 Å². The summed E-state index contributed by atoms with van der Waals surface area (Å²) < 4.78 is 5.13. The summed E-state index contributed by atoms with van der Waals surface area (Å²) in [6.45, 7) is 8.49. The van der Waals surface area contributed by atoms with Gasteiger partial charge in [0.2, 0.25) is 5.88 Å². The molecule has 0 bridgehead atoms. The highest BCUT2D eigenvalue weighted by molar-refractivity contribution is 5.34. The minimum absolute atomic E-state index is 0.453. The van der Waals surface area contributed by atoms with Gasteiger partial charge in [-0.15, -0.1) is 0 Å². The second-order valence-corrected chi connectivity index (χ2v) is 3.65. The molecule has 0 unspecified atom stereocenters. The van der Waals surface area contributed by atoms with Gasteiger partial charge in [0.1, 0.15) is 0 Å². The van der Waals surface area contributed by atoms with E-state index >= 15 is 0 Å². The maximum atomic E-state index is 5.13. The van der Waals surface area contributed by atoms with Gasteiger partial charge in [-0.05, 0) is 30.9 Å². The van der Waals surface area contributed by atoms with Crippen molar-refractivity contribution in [3.63, 3.8) is 0 Å². The number of methoxy groups -OCH3 is 1. The number of nitrogens with zero attached hydrogens (tertiary/aromatic N) is 1. The third-order valence-electron chi connectivity index (χ3n) is 2.30. The van der Waals surface area contributed by atoms with Crippen LogP contribution in [-0.2, 0) is 0 Å². The molecular formula is C11H17NO. The van der Waals surface area contributed by atoms with Gasteiger partial charge in [0.25, 0.3) is 0 Å². The van der Waals surface area contributed by atoms with E-state index in [9.17, 15) is 0 Å². The molecule has 0 aromatic carbocycles. The van der Waals surface area contributed by atoms with Crippen molar-refractivity contribution >= 4 is 0 Å². The molecule has 0 amide bonds. The molecule has 1 heterocycles. The lowest BCUT2D eigenvalue weighted by Crippen LogP contribution is -2.01. The average Bonchev–Trinajstić information content (AvgIpc) is 2.09. The van der Waals surface area contributed by atoms with E-state index in [-0.39, 0.29) is 0 Å². The van der Waals surface area contributed by atoms with Crippen molar-refractivity contribution in [2.24, 2.45) is 0 Å². The minimum atomic E-state index is 0.453. The molecule has 2 nitrogen and oxygen atoms in total. The van der Waals surface area contributed by atoms with E-state index in [2.05, 4.69) is 32.7 Å². The van der Waals surface area contributed by atoms with Crippen LogP contribution in [0.4, 0.5) is 0 Å². The molecule has 0 saturated heterocycles. The van der Waals surface area contributed by atoms with E-state index in [1.807, 2.05) is 6.07 Å². The van der Waals surface area contributed by atoms with Gasteiger partial charge in [0.15, 0.2) is 0 Å². The third kappa shape index (κ3) is 2.00. The lowest BCUT2D eigenvalue weighted by atomic mass is 10.0. The Labute approximate surface area is 80.0 Å². The van der Waals surface area contributed by atoms with Gasteiger partial charge in [0.05, 0.1) is 12.8 Å². The predicted octanol–water partition coefficient (Wildman–Crippen LogP) is 2.83. The summed E-state index contributed by atoms with van der Waals surface area (Å²) >= 11 is 0. The number of ether oxygens (including phenoxy) is 1. The van der Waals surface area contributed by atoms with Gasteiger partial charge >= 0.3 is 0 Å². The van der Waals surface area contributed by atoms with Crippen LogP contribution in [0, 0.1) is 13.8 Å². The summed E-state index contributed by atoms with van der Waals surface area (Å²) in [7, 11) is 1.65. The zero-order valence-corrected chi connectivity index (χ0v) is 9.01. The van der Waals surface area contributed by atoms with Gasteiger partial charge < -0.3 is 4.74 Å². The zero-order chi connectivity index (χ0) is 10.0. The van der Waals surface area contributed by atoms with E-state index in [1.165, 1.54) is 11.1 Å². The molecule has 72 valence electrons. The Kier molecular flexibility index (Phi) is 2.91. The number of hydrogen-bond acceptors (Lipinski definition) is 2. The fourth-order valence-corrected chi connectivity index (χ4v) is 1.40. The van der Waals surface area contributed by atoms with Gasteiger partial charge in [-0.2, -0.15) is 0 Å². The molecule has 1 aromatic heterocycles. The largest absolute Gasteiger partial charge is 0.481 e. The van der Waals surface area contributed by atoms with E-state index in [0.717, 1.165) is 5.69 Å². The normalized spacial score (nSPS) is 10.6. The number of aryl methyl sites for hydroxylation is 1. The van der Waals surface area contributed by atoms with Gasteiger partial charge in [-0.3, -0.25) is 0 Å². The maximum absolute atomic E-state index is 5.13. The summed E-state index contributed by atoms with van der Waals surface area (Å²) in [6, 6.07) is 1.97. The molecule has 0 N–H and O–H groups in total. The van der Waals surface area contributed by atoms with Gasteiger partial charge in [0, 0.05) is 6.07 Å². The highest BCUT2D eigenvalue weighted by atomic mass is 16.5. The van der Waals surface area contributed by atoms with Gasteiger partial charge in [-0.1, -0.05) is 13.8 Å². The summed E-state index contributed by atoms with van der Waals surface area (Å²) in [5.41, 5.74) is 3.66. The van der Waals surface area contributed by atoms with Gasteiger partial charge in [-0.25, -0.2) is 4.98 Å². The maximum Gasteiger partial charge on any atom is 0.213 e.